The summed E-state index contributed by atoms with van der Waals surface area (Å²) in [5.41, 5.74) is 3.25. The van der Waals surface area contributed by atoms with Gasteiger partial charge in [0.1, 0.15) is 17.5 Å². The van der Waals surface area contributed by atoms with Crippen molar-refractivity contribution < 1.29 is 24.5 Å². The van der Waals surface area contributed by atoms with Crippen molar-refractivity contribution in [2.24, 2.45) is 0 Å². The van der Waals surface area contributed by atoms with Crippen LogP contribution in [0.25, 0.3) is 0 Å². The average molecular weight is 298 g/mol. The minimum Gasteiger partial charge on any atom is -0.438 e. The number of aliphatic hydroxyl groups excluding tert-OH is 2. The molecule has 10 nitrogen and oxygen atoms in total. The maximum Gasteiger partial charge on any atom is 0.407 e. The van der Waals surface area contributed by atoms with E-state index in [0.717, 1.165) is 4.57 Å². The van der Waals surface area contributed by atoms with E-state index in [1.54, 1.807) is 0 Å². The molecule has 1 amide bonds. The quantitative estimate of drug-likeness (QED) is 0.470. The number of aliphatic hydroxyl groups is 2. The second-order valence-electron chi connectivity index (χ2n) is 4.94. The van der Waals surface area contributed by atoms with Gasteiger partial charge in [-0.15, -0.1) is 0 Å². The molecule has 2 fully saturated rings. The fourth-order valence-corrected chi connectivity index (χ4v) is 2.51. The lowest BCUT2D eigenvalue weighted by atomic mass is 9.96. The molecule has 5 N–H and O–H groups in total. The summed E-state index contributed by atoms with van der Waals surface area (Å²) in [6.45, 7) is -0.699. The van der Waals surface area contributed by atoms with E-state index in [0.29, 0.717) is 0 Å². The Bertz CT molecular complexity index is 633. The highest BCUT2D eigenvalue weighted by Crippen LogP contribution is 2.39. The number of hydrogen-bond acceptors (Lipinski definition) is 8. The summed E-state index contributed by atoms with van der Waals surface area (Å²) < 4.78 is 11.7. The largest absolute Gasteiger partial charge is 0.438 e. The van der Waals surface area contributed by atoms with Crippen molar-refractivity contribution in [3.05, 3.63) is 22.7 Å². The predicted molar refractivity (Wildman–Crippen MR) is 67.1 cm³/mol. The van der Waals surface area contributed by atoms with Crippen LogP contribution in [0.15, 0.2) is 17.1 Å². The number of fused-ring (bicyclic) bond motifs is 2. The van der Waals surface area contributed by atoms with E-state index in [9.17, 15) is 19.8 Å². The summed E-state index contributed by atoms with van der Waals surface area (Å²) >= 11 is 0. The number of alkyl carbamates (subject to hydrolysis) is 1. The molecule has 0 aromatic carbocycles. The maximum absolute atomic E-state index is 11.9. The Hall–Kier alpha value is -2.17. The number of carbonyl (C=O) groups excluding carboxylic acids is 1. The number of nitrogens with zero attached hydrogens (tertiary/aromatic N) is 2. The Morgan fingerprint density at radius 3 is 3.00 bits per heavy atom. The number of hydrogen-bond donors (Lipinski definition) is 4. The van der Waals surface area contributed by atoms with Crippen LogP contribution in [0.5, 0.6) is 0 Å². The van der Waals surface area contributed by atoms with Crippen molar-refractivity contribution in [1.82, 2.24) is 14.9 Å². The lowest BCUT2D eigenvalue weighted by molar-refractivity contribution is -0.129. The van der Waals surface area contributed by atoms with E-state index in [2.05, 4.69) is 10.3 Å². The number of nitrogens with two attached hydrogens (primary N) is 1. The van der Waals surface area contributed by atoms with Crippen LogP contribution in [0, 0.1) is 0 Å². The molecule has 0 unspecified atom stereocenters. The van der Waals surface area contributed by atoms with Crippen LogP contribution in [0.1, 0.15) is 6.23 Å². The third kappa shape index (κ3) is 2.04. The molecule has 2 aliphatic rings. The molecule has 0 spiro atoms. The SMILES string of the molecule is Nc1ccn([C@@H]2O[C@]3(CO)CNC(=O)O[C@@H]2[C@H]3O)c(=O)n1. The minimum absolute atomic E-state index is 0.0329. The average Bonchev–Trinajstić information content (AvgIpc) is 2.63. The summed E-state index contributed by atoms with van der Waals surface area (Å²) in [7, 11) is 0. The second kappa shape index (κ2) is 4.69. The highest BCUT2D eigenvalue weighted by atomic mass is 16.6. The van der Waals surface area contributed by atoms with Crippen molar-refractivity contribution in [3.8, 4) is 0 Å². The first-order valence-corrected chi connectivity index (χ1v) is 6.23. The number of ether oxygens (including phenoxy) is 2. The smallest absolute Gasteiger partial charge is 0.407 e. The van der Waals surface area contributed by atoms with Gasteiger partial charge in [-0.25, -0.2) is 9.59 Å². The topological polar surface area (TPSA) is 149 Å². The summed E-state index contributed by atoms with van der Waals surface area (Å²) in [6.07, 6.45) is -2.98. The van der Waals surface area contributed by atoms with Gasteiger partial charge in [-0.2, -0.15) is 4.98 Å². The molecule has 21 heavy (non-hydrogen) atoms. The first kappa shape index (κ1) is 13.8. The molecule has 3 heterocycles. The van der Waals surface area contributed by atoms with Crippen molar-refractivity contribution >= 4 is 11.9 Å². The third-order valence-electron chi connectivity index (χ3n) is 3.66. The van der Waals surface area contributed by atoms with Crippen LogP contribution < -0.4 is 16.7 Å². The standard InChI is InChI=1S/C11H14N4O6/c12-5-1-2-15(9(18)14-5)8-6-7(17)11(4-16,21-8)3-13-10(19)20-6/h1-2,6-8,16-17H,3-4H2,(H,13,19)(H2,12,14,18)/t6-,7-,8-,11+/m1/s1. The van der Waals surface area contributed by atoms with E-state index >= 15 is 0 Å². The maximum atomic E-state index is 11.9. The summed E-state index contributed by atoms with van der Waals surface area (Å²) in [5.74, 6) is 0.0329. The first-order valence-electron chi connectivity index (χ1n) is 6.23. The van der Waals surface area contributed by atoms with E-state index < -0.39 is 42.4 Å². The van der Waals surface area contributed by atoms with Gasteiger partial charge in [0.25, 0.3) is 0 Å². The first-order chi connectivity index (χ1) is 9.97. The number of nitrogens with one attached hydrogen (secondary N) is 1. The van der Waals surface area contributed by atoms with Crippen molar-refractivity contribution in [2.45, 2.75) is 24.0 Å². The fourth-order valence-electron chi connectivity index (χ4n) is 2.51. The molecule has 3 rings (SSSR count). The monoisotopic (exact) mass is 298 g/mol. The number of amides is 1. The number of anilines is 1. The van der Waals surface area contributed by atoms with Gasteiger partial charge in [0.05, 0.1) is 13.2 Å². The molecule has 1 aromatic heterocycles. The Kier molecular flexibility index (Phi) is 3.08. The molecule has 0 radical (unpaired) electrons. The fraction of sp³-hybridized carbons (Fsp3) is 0.545. The second-order valence-corrected chi connectivity index (χ2v) is 4.94. The molecule has 2 saturated heterocycles. The Morgan fingerprint density at radius 2 is 2.33 bits per heavy atom. The van der Waals surface area contributed by atoms with Crippen LogP contribution in [-0.2, 0) is 9.47 Å². The number of carbonyl (C=O) groups is 1. The van der Waals surface area contributed by atoms with Crippen LogP contribution >= 0.6 is 0 Å². The van der Waals surface area contributed by atoms with Crippen LogP contribution in [0.4, 0.5) is 10.6 Å². The molecule has 0 aliphatic carbocycles. The summed E-state index contributed by atoms with van der Waals surface area (Å²) in [6, 6.07) is 1.37. The highest BCUT2D eigenvalue weighted by Gasteiger charge is 2.59. The van der Waals surface area contributed by atoms with Gasteiger partial charge in [0.2, 0.25) is 0 Å². The molecule has 114 valence electrons. The minimum atomic E-state index is -1.44. The van der Waals surface area contributed by atoms with Crippen LogP contribution in [0.3, 0.4) is 0 Å². The van der Waals surface area contributed by atoms with Crippen molar-refractivity contribution in [2.75, 3.05) is 18.9 Å². The van der Waals surface area contributed by atoms with Crippen molar-refractivity contribution in [1.29, 1.82) is 0 Å². The molecule has 1 aromatic rings. The van der Waals surface area contributed by atoms with Gasteiger partial charge in [-0.1, -0.05) is 0 Å². The molecule has 2 aliphatic heterocycles. The van der Waals surface area contributed by atoms with E-state index in [1.165, 1.54) is 12.3 Å². The van der Waals surface area contributed by atoms with E-state index in [-0.39, 0.29) is 12.4 Å². The lowest BCUT2D eigenvalue weighted by Crippen LogP contribution is -2.51. The molecular formula is C11H14N4O6. The van der Waals surface area contributed by atoms with E-state index in [4.69, 9.17) is 15.2 Å². The molecule has 2 bridgehead atoms. The Morgan fingerprint density at radius 1 is 1.57 bits per heavy atom. The number of rotatable bonds is 2. The summed E-state index contributed by atoms with van der Waals surface area (Å²) in [4.78, 5) is 26.9. The lowest BCUT2D eigenvalue weighted by Gasteiger charge is -2.28. The zero-order chi connectivity index (χ0) is 15.2. The summed E-state index contributed by atoms with van der Waals surface area (Å²) in [5, 5.41) is 22.1. The molecule has 4 atom stereocenters. The molecule has 10 heteroatoms. The van der Waals surface area contributed by atoms with Gasteiger partial charge in [-0.05, 0) is 6.07 Å². The zero-order valence-corrected chi connectivity index (χ0v) is 10.8. The zero-order valence-electron chi connectivity index (χ0n) is 10.8. The Labute approximate surface area is 118 Å². The Balaban J connectivity index is 2.04. The number of aromatic nitrogens is 2. The normalized spacial score (nSPS) is 35.0. The van der Waals surface area contributed by atoms with Gasteiger partial charge in [0.15, 0.2) is 12.3 Å². The van der Waals surface area contributed by atoms with Gasteiger partial charge in [0, 0.05) is 6.20 Å². The van der Waals surface area contributed by atoms with E-state index in [1.807, 2.05) is 0 Å². The van der Waals surface area contributed by atoms with Gasteiger partial charge in [-0.3, -0.25) is 4.57 Å². The van der Waals surface area contributed by atoms with Crippen LogP contribution in [-0.4, -0.2) is 56.8 Å². The highest BCUT2D eigenvalue weighted by molar-refractivity contribution is 5.68. The third-order valence-corrected chi connectivity index (χ3v) is 3.66. The molecule has 0 saturated carbocycles. The predicted octanol–water partition coefficient (Wildman–Crippen LogP) is -2.45. The van der Waals surface area contributed by atoms with Gasteiger partial charge < -0.3 is 30.7 Å². The number of nitrogen functional groups attached to an aromatic ring is 1. The van der Waals surface area contributed by atoms with Gasteiger partial charge >= 0.3 is 11.8 Å². The van der Waals surface area contributed by atoms with Crippen molar-refractivity contribution in [3.63, 3.8) is 0 Å². The van der Waals surface area contributed by atoms with Crippen LogP contribution in [0.2, 0.25) is 0 Å². The molecular weight excluding hydrogens is 284 g/mol.